The molecule has 1 atom stereocenters. The van der Waals surface area contributed by atoms with Crippen molar-refractivity contribution in [3.05, 3.63) is 106 Å². The lowest BCUT2D eigenvalue weighted by molar-refractivity contribution is 0.628. The maximum absolute atomic E-state index is 13.6. The molecule has 0 radical (unpaired) electrons. The standard InChI is InChI=1S/C26H19Cl2FN2/c1-16(17-2-7-20(27)8-3-17)31-13-12-23(18-5-10-22(29)11-6-18)26(31)25-14-19-4-9-21(28)15-24(19)30-25/h2-16,30H,1H3/t16-/m1/s1. The number of H-pyrrole nitrogens is 1. The second kappa shape index (κ2) is 7.92. The molecule has 5 aromatic rings. The number of benzene rings is 3. The molecule has 0 spiro atoms. The molecule has 0 fully saturated rings. The van der Waals surface area contributed by atoms with Gasteiger partial charge in [0.25, 0.3) is 0 Å². The van der Waals surface area contributed by atoms with E-state index >= 15 is 0 Å². The van der Waals surface area contributed by atoms with Crippen LogP contribution in [0.4, 0.5) is 4.39 Å². The maximum atomic E-state index is 13.6. The number of fused-ring (bicyclic) bond motifs is 1. The summed E-state index contributed by atoms with van der Waals surface area (Å²) in [5.41, 5.74) is 6.10. The fourth-order valence-electron chi connectivity index (χ4n) is 4.05. The Morgan fingerprint density at radius 1 is 0.839 bits per heavy atom. The van der Waals surface area contributed by atoms with E-state index in [2.05, 4.69) is 34.8 Å². The molecule has 0 aliphatic carbocycles. The van der Waals surface area contributed by atoms with Crippen molar-refractivity contribution in [1.82, 2.24) is 9.55 Å². The minimum Gasteiger partial charge on any atom is -0.353 e. The van der Waals surface area contributed by atoms with Gasteiger partial charge in [-0.15, -0.1) is 0 Å². The van der Waals surface area contributed by atoms with E-state index < -0.39 is 0 Å². The van der Waals surface area contributed by atoms with Crippen molar-refractivity contribution in [3.63, 3.8) is 0 Å². The minimum atomic E-state index is -0.250. The van der Waals surface area contributed by atoms with Crippen LogP contribution in [-0.4, -0.2) is 9.55 Å². The molecule has 2 heterocycles. The van der Waals surface area contributed by atoms with Crippen molar-refractivity contribution in [2.75, 3.05) is 0 Å². The third-order valence-electron chi connectivity index (χ3n) is 5.68. The zero-order chi connectivity index (χ0) is 21.5. The highest BCUT2D eigenvalue weighted by Crippen LogP contribution is 2.38. The number of nitrogens with zero attached hydrogens (tertiary/aromatic N) is 1. The molecule has 0 saturated heterocycles. The highest BCUT2D eigenvalue weighted by atomic mass is 35.5. The Labute approximate surface area is 189 Å². The van der Waals surface area contributed by atoms with Gasteiger partial charge in [0.15, 0.2) is 0 Å². The largest absolute Gasteiger partial charge is 0.353 e. The molecule has 31 heavy (non-hydrogen) atoms. The summed E-state index contributed by atoms with van der Waals surface area (Å²) in [5, 5.41) is 2.48. The van der Waals surface area contributed by atoms with Gasteiger partial charge in [-0.3, -0.25) is 0 Å². The van der Waals surface area contributed by atoms with Crippen LogP contribution in [0, 0.1) is 5.82 Å². The zero-order valence-electron chi connectivity index (χ0n) is 16.7. The minimum absolute atomic E-state index is 0.0662. The fourth-order valence-corrected chi connectivity index (χ4v) is 4.34. The van der Waals surface area contributed by atoms with Gasteiger partial charge >= 0.3 is 0 Å². The molecule has 2 nitrogen and oxygen atoms in total. The van der Waals surface area contributed by atoms with Gasteiger partial charge in [-0.25, -0.2) is 4.39 Å². The summed E-state index contributed by atoms with van der Waals surface area (Å²) in [6, 6.07) is 24.6. The summed E-state index contributed by atoms with van der Waals surface area (Å²) in [6.07, 6.45) is 2.08. The van der Waals surface area contributed by atoms with E-state index in [-0.39, 0.29) is 11.9 Å². The van der Waals surface area contributed by atoms with Crippen molar-refractivity contribution in [2.45, 2.75) is 13.0 Å². The summed E-state index contributed by atoms with van der Waals surface area (Å²) < 4.78 is 15.8. The zero-order valence-corrected chi connectivity index (χ0v) is 18.3. The van der Waals surface area contributed by atoms with Crippen LogP contribution in [0.5, 0.6) is 0 Å². The second-order valence-electron chi connectivity index (χ2n) is 7.63. The van der Waals surface area contributed by atoms with E-state index in [0.29, 0.717) is 10.0 Å². The molecule has 0 saturated carbocycles. The molecular weight excluding hydrogens is 430 g/mol. The first kappa shape index (κ1) is 19.9. The van der Waals surface area contributed by atoms with Crippen molar-refractivity contribution < 1.29 is 4.39 Å². The molecular formula is C26H19Cl2FN2. The highest BCUT2D eigenvalue weighted by Gasteiger charge is 2.19. The van der Waals surface area contributed by atoms with Gasteiger partial charge in [-0.05, 0) is 66.6 Å². The lowest BCUT2D eigenvalue weighted by atomic mass is 10.0. The van der Waals surface area contributed by atoms with Gasteiger partial charge in [0.1, 0.15) is 5.82 Å². The number of aromatic amines is 1. The van der Waals surface area contributed by atoms with Crippen LogP contribution < -0.4 is 0 Å². The number of hydrogen-bond acceptors (Lipinski definition) is 0. The molecule has 3 aromatic carbocycles. The predicted octanol–water partition coefficient (Wildman–Crippen LogP) is 8.36. The highest BCUT2D eigenvalue weighted by molar-refractivity contribution is 6.31. The summed E-state index contributed by atoms with van der Waals surface area (Å²) >= 11 is 12.3. The number of hydrogen-bond donors (Lipinski definition) is 1. The molecule has 1 N–H and O–H groups in total. The lowest BCUT2D eigenvalue weighted by Crippen LogP contribution is -2.07. The van der Waals surface area contributed by atoms with E-state index in [4.69, 9.17) is 23.2 Å². The van der Waals surface area contributed by atoms with E-state index in [1.165, 1.54) is 12.1 Å². The average Bonchev–Trinajstić information content (AvgIpc) is 3.38. The van der Waals surface area contributed by atoms with Crippen LogP contribution in [0.2, 0.25) is 10.0 Å². The van der Waals surface area contributed by atoms with Crippen molar-refractivity contribution in [2.24, 2.45) is 0 Å². The Morgan fingerprint density at radius 2 is 1.55 bits per heavy atom. The monoisotopic (exact) mass is 448 g/mol. The molecule has 5 rings (SSSR count). The average molecular weight is 449 g/mol. The van der Waals surface area contributed by atoms with Crippen LogP contribution in [0.25, 0.3) is 33.4 Å². The first-order valence-corrected chi connectivity index (χ1v) is 10.8. The SMILES string of the molecule is C[C@H](c1ccc(Cl)cc1)n1ccc(-c2ccc(F)cc2)c1-c1cc2ccc(Cl)cc2[nH]1. The third-order valence-corrected chi connectivity index (χ3v) is 6.17. The Balaban J connectivity index is 1.71. The molecule has 154 valence electrons. The van der Waals surface area contributed by atoms with Crippen molar-refractivity contribution in [1.29, 1.82) is 0 Å². The van der Waals surface area contributed by atoms with Gasteiger partial charge in [0.2, 0.25) is 0 Å². The van der Waals surface area contributed by atoms with Crippen LogP contribution in [0.3, 0.4) is 0 Å². The quantitative estimate of drug-likeness (QED) is 0.285. The van der Waals surface area contributed by atoms with Crippen LogP contribution in [-0.2, 0) is 0 Å². The van der Waals surface area contributed by atoms with Gasteiger partial charge in [-0.2, -0.15) is 0 Å². The van der Waals surface area contributed by atoms with Gasteiger partial charge in [0, 0.05) is 32.7 Å². The molecule has 0 bridgehead atoms. The van der Waals surface area contributed by atoms with Crippen molar-refractivity contribution in [3.8, 4) is 22.5 Å². The molecule has 5 heteroatoms. The third kappa shape index (κ3) is 3.76. The Hall–Kier alpha value is -3.01. The van der Waals surface area contributed by atoms with E-state index in [9.17, 15) is 4.39 Å². The molecule has 2 aromatic heterocycles. The Bertz CT molecular complexity index is 1370. The summed E-state index contributed by atoms with van der Waals surface area (Å²) in [6.45, 7) is 2.15. The van der Waals surface area contributed by atoms with Crippen LogP contribution in [0.15, 0.2) is 85.1 Å². The molecule has 0 aliphatic heterocycles. The summed E-state index contributed by atoms with van der Waals surface area (Å²) in [5.74, 6) is -0.250. The first-order valence-electron chi connectivity index (χ1n) is 10.0. The smallest absolute Gasteiger partial charge is 0.123 e. The second-order valence-corrected chi connectivity index (χ2v) is 8.51. The van der Waals surface area contributed by atoms with Crippen molar-refractivity contribution >= 4 is 34.1 Å². The fraction of sp³-hybridized carbons (Fsp3) is 0.0769. The predicted molar refractivity (Wildman–Crippen MR) is 127 cm³/mol. The number of rotatable bonds is 4. The summed E-state index contributed by atoms with van der Waals surface area (Å²) in [7, 11) is 0. The molecule has 0 aliphatic rings. The van der Waals surface area contributed by atoms with Gasteiger partial charge in [0.05, 0.1) is 17.4 Å². The van der Waals surface area contributed by atoms with E-state index in [1.54, 1.807) is 0 Å². The normalized spacial score (nSPS) is 12.4. The van der Waals surface area contributed by atoms with E-state index in [0.717, 1.165) is 39.0 Å². The van der Waals surface area contributed by atoms with E-state index in [1.807, 2.05) is 54.6 Å². The topological polar surface area (TPSA) is 20.7 Å². The first-order chi connectivity index (χ1) is 15.0. The number of aromatic nitrogens is 2. The van der Waals surface area contributed by atoms with Gasteiger partial charge in [-0.1, -0.05) is 53.5 Å². The van der Waals surface area contributed by atoms with Gasteiger partial charge < -0.3 is 9.55 Å². The van der Waals surface area contributed by atoms with Crippen LogP contribution in [0.1, 0.15) is 18.5 Å². The lowest BCUT2D eigenvalue weighted by Gasteiger charge is -2.19. The number of halogens is 3. The Kier molecular flexibility index (Phi) is 5.09. The molecule has 0 unspecified atom stereocenters. The van der Waals surface area contributed by atoms with Crippen LogP contribution >= 0.6 is 23.2 Å². The summed E-state index contributed by atoms with van der Waals surface area (Å²) in [4.78, 5) is 3.52. The molecule has 0 amide bonds. The maximum Gasteiger partial charge on any atom is 0.123 e. The number of nitrogens with one attached hydrogen (secondary N) is 1. The Morgan fingerprint density at radius 3 is 2.29 bits per heavy atom.